The van der Waals surface area contributed by atoms with Gasteiger partial charge in [-0.15, -0.1) is 0 Å². The highest BCUT2D eigenvalue weighted by Gasteiger charge is 2.30. The van der Waals surface area contributed by atoms with Crippen LogP contribution in [0.1, 0.15) is 16.7 Å². The summed E-state index contributed by atoms with van der Waals surface area (Å²) in [6.45, 7) is -0.392. The molecule has 0 saturated heterocycles. The number of halogens is 4. The summed E-state index contributed by atoms with van der Waals surface area (Å²) in [6.07, 6.45) is -3.59. The summed E-state index contributed by atoms with van der Waals surface area (Å²) in [4.78, 5) is 13.4. The SMILES string of the molecule is CS(=O)(=O)c1ccccc1-c1ccc(NC(=O)N(Cc2cccc(C(F)(F)F)c2)Nc2cccc(C(=N)NO)c2)c(F)c1. The van der Waals surface area contributed by atoms with Crippen LogP contribution >= 0.6 is 0 Å². The van der Waals surface area contributed by atoms with Gasteiger partial charge in [-0.05, 0) is 53.6 Å². The van der Waals surface area contributed by atoms with E-state index in [2.05, 4.69) is 10.7 Å². The molecule has 4 rings (SSSR count). The lowest BCUT2D eigenvalue weighted by Gasteiger charge is -2.26. The van der Waals surface area contributed by atoms with Gasteiger partial charge >= 0.3 is 12.2 Å². The third-order valence-electron chi connectivity index (χ3n) is 6.18. The van der Waals surface area contributed by atoms with Crippen LogP contribution in [0, 0.1) is 11.2 Å². The van der Waals surface area contributed by atoms with Crippen LogP contribution in [0.3, 0.4) is 0 Å². The van der Waals surface area contributed by atoms with Gasteiger partial charge in [0.25, 0.3) is 0 Å². The van der Waals surface area contributed by atoms with E-state index in [4.69, 9.17) is 10.6 Å². The van der Waals surface area contributed by atoms with Crippen molar-refractivity contribution in [2.75, 3.05) is 17.0 Å². The van der Waals surface area contributed by atoms with E-state index >= 15 is 4.39 Å². The maximum atomic E-state index is 15.2. The van der Waals surface area contributed by atoms with Crippen LogP contribution in [0.5, 0.6) is 0 Å². The minimum Gasteiger partial charge on any atom is -0.304 e. The van der Waals surface area contributed by atoms with Gasteiger partial charge in [0.1, 0.15) is 11.7 Å². The minimum absolute atomic E-state index is 0.00522. The average molecular weight is 616 g/mol. The molecule has 0 heterocycles. The summed E-state index contributed by atoms with van der Waals surface area (Å²) in [6, 6.07) is 19.1. The number of hydrogen-bond donors (Lipinski definition) is 5. The lowest BCUT2D eigenvalue weighted by atomic mass is 10.1. The number of nitrogens with one attached hydrogen (secondary N) is 4. The standard InChI is InChI=1S/C29H25F4N5O4S/c1-43(41,42)26-11-3-2-10-23(26)19-12-13-25(24(30)16-19)35-28(39)38(17-18-6-4-8-21(14-18)29(31,32)33)36-22-9-5-7-20(15-22)27(34)37-40/h2-16,36,40H,17H2,1H3,(H2,34,37)(H,35,39). The molecule has 0 fully saturated rings. The molecule has 0 aliphatic carbocycles. The minimum atomic E-state index is -4.62. The molecule has 0 bridgehead atoms. The molecular formula is C29H25F4N5O4S. The van der Waals surface area contributed by atoms with Crippen LogP contribution in [0.25, 0.3) is 11.1 Å². The van der Waals surface area contributed by atoms with E-state index in [0.717, 1.165) is 29.5 Å². The number of urea groups is 1. The van der Waals surface area contributed by atoms with E-state index in [9.17, 15) is 26.4 Å². The molecule has 0 aromatic heterocycles. The molecular weight excluding hydrogens is 590 g/mol. The van der Waals surface area contributed by atoms with E-state index < -0.39 is 40.0 Å². The van der Waals surface area contributed by atoms with Gasteiger partial charge in [-0.25, -0.2) is 22.6 Å². The zero-order valence-electron chi connectivity index (χ0n) is 22.4. The summed E-state index contributed by atoms with van der Waals surface area (Å²) >= 11 is 0. The Kier molecular flexibility index (Phi) is 9.01. The number of hydrazine groups is 1. The van der Waals surface area contributed by atoms with Crippen LogP contribution in [0.15, 0.2) is 95.9 Å². The highest BCUT2D eigenvalue weighted by atomic mass is 32.2. The van der Waals surface area contributed by atoms with Crippen molar-refractivity contribution in [3.63, 3.8) is 0 Å². The summed E-state index contributed by atoms with van der Waals surface area (Å²) < 4.78 is 79.6. The van der Waals surface area contributed by atoms with Gasteiger partial charge in [-0.1, -0.05) is 48.5 Å². The third-order valence-corrected chi connectivity index (χ3v) is 7.33. The fourth-order valence-corrected chi connectivity index (χ4v) is 5.06. The molecule has 0 spiro atoms. The number of rotatable bonds is 8. The maximum absolute atomic E-state index is 15.2. The second-order valence-electron chi connectivity index (χ2n) is 9.36. The van der Waals surface area contributed by atoms with Crippen molar-refractivity contribution in [3.8, 4) is 11.1 Å². The van der Waals surface area contributed by atoms with Crippen LogP contribution in [-0.2, 0) is 22.6 Å². The lowest BCUT2D eigenvalue weighted by Crippen LogP contribution is -2.39. The fourth-order valence-electron chi connectivity index (χ4n) is 4.15. The first-order chi connectivity index (χ1) is 20.3. The molecule has 0 aliphatic rings. The Morgan fingerprint density at radius 3 is 2.35 bits per heavy atom. The molecule has 9 nitrogen and oxygen atoms in total. The Labute approximate surface area is 244 Å². The number of benzene rings is 4. The van der Waals surface area contributed by atoms with Crippen molar-refractivity contribution in [2.45, 2.75) is 17.6 Å². The number of carbonyl (C=O) groups is 1. The molecule has 0 saturated carbocycles. The van der Waals surface area contributed by atoms with Gasteiger partial charge in [-0.3, -0.25) is 21.5 Å². The smallest absolute Gasteiger partial charge is 0.304 e. The van der Waals surface area contributed by atoms with Crippen molar-refractivity contribution in [1.82, 2.24) is 10.5 Å². The van der Waals surface area contributed by atoms with E-state index in [1.54, 1.807) is 11.5 Å². The molecule has 0 unspecified atom stereocenters. The van der Waals surface area contributed by atoms with E-state index in [-0.39, 0.29) is 44.4 Å². The van der Waals surface area contributed by atoms with Crippen molar-refractivity contribution in [3.05, 3.63) is 114 Å². The van der Waals surface area contributed by atoms with Crippen LogP contribution in [-0.4, -0.2) is 36.8 Å². The monoisotopic (exact) mass is 615 g/mol. The number of nitrogens with zero attached hydrogens (tertiary/aromatic N) is 1. The molecule has 0 aliphatic heterocycles. The van der Waals surface area contributed by atoms with Crippen LogP contribution < -0.4 is 16.2 Å². The van der Waals surface area contributed by atoms with Gasteiger partial charge < -0.3 is 5.32 Å². The van der Waals surface area contributed by atoms with Crippen molar-refractivity contribution >= 4 is 33.1 Å². The molecule has 5 N–H and O–H groups in total. The van der Waals surface area contributed by atoms with Gasteiger partial charge in [0, 0.05) is 17.4 Å². The van der Waals surface area contributed by atoms with Crippen LogP contribution in [0.2, 0.25) is 0 Å². The van der Waals surface area contributed by atoms with Gasteiger partial charge in [0.05, 0.1) is 28.4 Å². The zero-order valence-corrected chi connectivity index (χ0v) is 23.2. The predicted octanol–water partition coefficient (Wildman–Crippen LogP) is 6.28. The van der Waals surface area contributed by atoms with E-state index in [1.807, 2.05) is 0 Å². The first kappa shape index (κ1) is 31.0. The normalized spacial score (nSPS) is 11.5. The number of amidine groups is 1. The topological polar surface area (TPSA) is 135 Å². The Morgan fingerprint density at radius 2 is 1.67 bits per heavy atom. The molecule has 0 atom stereocenters. The third kappa shape index (κ3) is 7.67. The summed E-state index contributed by atoms with van der Waals surface area (Å²) in [5.74, 6) is -1.24. The Balaban J connectivity index is 1.65. The van der Waals surface area contributed by atoms with E-state index in [1.165, 1.54) is 66.7 Å². The average Bonchev–Trinajstić information content (AvgIpc) is 2.97. The van der Waals surface area contributed by atoms with Crippen molar-refractivity contribution in [1.29, 1.82) is 5.41 Å². The Morgan fingerprint density at radius 1 is 0.953 bits per heavy atom. The second kappa shape index (κ2) is 12.5. The highest BCUT2D eigenvalue weighted by molar-refractivity contribution is 7.90. The molecule has 2 amide bonds. The van der Waals surface area contributed by atoms with Crippen molar-refractivity contribution < 1.29 is 36.0 Å². The molecule has 224 valence electrons. The number of hydroxylamine groups is 1. The van der Waals surface area contributed by atoms with Crippen LogP contribution in [0.4, 0.5) is 33.7 Å². The van der Waals surface area contributed by atoms with E-state index in [0.29, 0.717) is 0 Å². The lowest BCUT2D eigenvalue weighted by molar-refractivity contribution is -0.137. The highest BCUT2D eigenvalue weighted by Crippen LogP contribution is 2.31. The Hall–Kier alpha value is -4.95. The number of sulfone groups is 1. The summed E-state index contributed by atoms with van der Waals surface area (Å²) in [7, 11) is -3.63. The Bertz CT molecular complexity index is 1780. The van der Waals surface area contributed by atoms with Gasteiger partial charge in [0.15, 0.2) is 9.84 Å². The molecule has 4 aromatic rings. The fraction of sp³-hybridized carbons (Fsp3) is 0.103. The maximum Gasteiger partial charge on any atom is 0.416 e. The number of carbonyl (C=O) groups excluding carboxylic acids is 1. The molecule has 4 aromatic carbocycles. The van der Waals surface area contributed by atoms with Crippen molar-refractivity contribution in [2.24, 2.45) is 0 Å². The number of alkyl halides is 3. The van der Waals surface area contributed by atoms with Gasteiger partial charge in [-0.2, -0.15) is 13.2 Å². The predicted molar refractivity (Wildman–Crippen MR) is 153 cm³/mol. The zero-order chi connectivity index (χ0) is 31.4. The number of anilines is 2. The number of hydrogen-bond acceptors (Lipinski definition) is 6. The largest absolute Gasteiger partial charge is 0.416 e. The molecule has 14 heteroatoms. The summed E-state index contributed by atoms with van der Waals surface area (Å²) in [5, 5.41) is 20.1. The summed E-state index contributed by atoms with van der Waals surface area (Å²) in [5.41, 5.74) is 4.30. The number of amides is 2. The second-order valence-corrected chi connectivity index (χ2v) is 11.3. The molecule has 43 heavy (non-hydrogen) atoms. The molecule has 0 radical (unpaired) electrons. The van der Waals surface area contributed by atoms with Gasteiger partial charge in [0.2, 0.25) is 0 Å². The quantitative estimate of drug-likeness (QED) is 0.0686. The first-order valence-corrected chi connectivity index (χ1v) is 14.3. The first-order valence-electron chi connectivity index (χ1n) is 12.5.